The van der Waals surface area contributed by atoms with Gasteiger partial charge in [-0.3, -0.25) is 4.79 Å². The standard InChI is InChI=1S/C25H22F3N5O5/c1-36-20-12-15(5-8-29-20)21-14(3-2-4-18(21)38-24(35)25(26,27)28)11-19-31-22-17(23(34)32-19)13-30-33(22)16-6-9-37-10-7-16/h2-5,8,12-13,16H,6-7,9-11H2,1H3,(H,31,32,34). The number of methoxy groups -OCH3 is 1. The maximum Gasteiger partial charge on any atom is 0.491 e. The second kappa shape index (κ2) is 10.2. The predicted molar refractivity (Wildman–Crippen MR) is 128 cm³/mol. The molecule has 0 atom stereocenters. The van der Waals surface area contributed by atoms with Crippen LogP contribution < -0.4 is 15.0 Å². The number of H-pyrrole nitrogens is 1. The van der Waals surface area contributed by atoms with Gasteiger partial charge < -0.3 is 19.2 Å². The van der Waals surface area contributed by atoms with Gasteiger partial charge in [-0.25, -0.2) is 19.4 Å². The number of fused-ring (bicyclic) bond motifs is 1. The molecule has 1 aromatic carbocycles. The molecule has 1 aliphatic heterocycles. The molecular formula is C25H22F3N5O5. The number of pyridine rings is 1. The third-order valence-corrected chi connectivity index (χ3v) is 6.19. The highest BCUT2D eigenvalue weighted by Crippen LogP contribution is 2.37. The Balaban J connectivity index is 1.59. The molecule has 3 aromatic heterocycles. The molecule has 1 N–H and O–H groups in total. The molecule has 5 rings (SSSR count). The number of rotatable bonds is 6. The first-order chi connectivity index (χ1) is 18.2. The van der Waals surface area contributed by atoms with Crippen LogP contribution >= 0.6 is 0 Å². The van der Waals surface area contributed by atoms with Crippen LogP contribution in [0.3, 0.4) is 0 Å². The molecule has 0 unspecified atom stereocenters. The Morgan fingerprint density at radius 2 is 2.03 bits per heavy atom. The van der Waals surface area contributed by atoms with Crippen LogP contribution in [-0.4, -0.2) is 57.2 Å². The Kier molecular flexibility index (Phi) is 6.85. The van der Waals surface area contributed by atoms with Crippen LogP contribution in [0.5, 0.6) is 11.6 Å². The number of hydrogen-bond acceptors (Lipinski definition) is 8. The van der Waals surface area contributed by atoms with Crippen molar-refractivity contribution < 1.29 is 32.2 Å². The molecule has 10 nitrogen and oxygen atoms in total. The third-order valence-electron chi connectivity index (χ3n) is 6.19. The number of aromatic nitrogens is 5. The number of hydrogen-bond donors (Lipinski definition) is 1. The maximum absolute atomic E-state index is 13.0. The molecule has 1 fully saturated rings. The Morgan fingerprint density at radius 1 is 1.24 bits per heavy atom. The summed E-state index contributed by atoms with van der Waals surface area (Å²) in [6.07, 6.45) is -0.848. The number of alkyl halides is 3. The van der Waals surface area contributed by atoms with Gasteiger partial charge in [-0.2, -0.15) is 18.3 Å². The van der Waals surface area contributed by atoms with E-state index in [0.29, 0.717) is 35.4 Å². The van der Waals surface area contributed by atoms with Crippen molar-refractivity contribution in [2.24, 2.45) is 0 Å². The van der Waals surface area contributed by atoms with Crippen LogP contribution in [0.1, 0.15) is 30.3 Å². The van der Waals surface area contributed by atoms with Crippen molar-refractivity contribution in [3.05, 3.63) is 64.5 Å². The number of nitrogens with one attached hydrogen (secondary N) is 1. The summed E-state index contributed by atoms with van der Waals surface area (Å²) in [5.41, 5.74) is 1.06. The van der Waals surface area contributed by atoms with Gasteiger partial charge in [0.15, 0.2) is 5.65 Å². The number of ether oxygens (including phenoxy) is 3. The van der Waals surface area contributed by atoms with E-state index in [9.17, 15) is 22.8 Å². The van der Waals surface area contributed by atoms with E-state index < -0.39 is 17.7 Å². The van der Waals surface area contributed by atoms with Crippen LogP contribution in [0.4, 0.5) is 13.2 Å². The number of esters is 1. The molecule has 1 aliphatic rings. The topological polar surface area (TPSA) is 121 Å². The average Bonchev–Trinajstić information content (AvgIpc) is 3.33. The minimum absolute atomic E-state index is 0.0154. The van der Waals surface area contributed by atoms with Gasteiger partial charge in [0, 0.05) is 37.5 Å². The van der Waals surface area contributed by atoms with Crippen molar-refractivity contribution in [3.8, 4) is 22.8 Å². The van der Waals surface area contributed by atoms with Gasteiger partial charge in [0.1, 0.15) is 17.0 Å². The van der Waals surface area contributed by atoms with E-state index in [4.69, 9.17) is 14.2 Å². The molecule has 0 amide bonds. The summed E-state index contributed by atoms with van der Waals surface area (Å²) < 4.78 is 56.1. The SMILES string of the molecule is COc1cc(-c2c(Cc3nc4c(cnn4C4CCOCC4)c(=O)[nH]3)cccc2OC(=O)C(F)(F)F)ccn1. The second-order valence-corrected chi connectivity index (χ2v) is 8.62. The fourth-order valence-corrected chi connectivity index (χ4v) is 4.41. The van der Waals surface area contributed by atoms with Crippen molar-refractivity contribution in [3.63, 3.8) is 0 Å². The zero-order chi connectivity index (χ0) is 26.9. The minimum Gasteiger partial charge on any atom is -0.481 e. The number of carbonyl (C=O) groups is 1. The van der Waals surface area contributed by atoms with Crippen LogP contribution in [0.25, 0.3) is 22.2 Å². The first-order valence-electron chi connectivity index (χ1n) is 11.7. The Bertz CT molecular complexity index is 1540. The largest absolute Gasteiger partial charge is 0.491 e. The second-order valence-electron chi connectivity index (χ2n) is 8.62. The lowest BCUT2D eigenvalue weighted by Gasteiger charge is -2.22. The highest BCUT2D eigenvalue weighted by Gasteiger charge is 2.42. The lowest BCUT2D eigenvalue weighted by atomic mass is 9.97. The van der Waals surface area contributed by atoms with E-state index in [1.54, 1.807) is 16.8 Å². The summed E-state index contributed by atoms with van der Waals surface area (Å²) in [4.78, 5) is 36.0. The fourth-order valence-electron chi connectivity index (χ4n) is 4.41. The van der Waals surface area contributed by atoms with Crippen LogP contribution in [0.15, 0.2) is 47.5 Å². The Labute approximate surface area is 213 Å². The smallest absolute Gasteiger partial charge is 0.481 e. The Hall–Kier alpha value is -4.26. The highest BCUT2D eigenvalue weighted by molar-refractivity contribution is 5.83. The molecule has 0 aliphatic carbocycles. The van der Waals surface area contributed by atoms with Gasteiger partial charge in [-0.1, -0.05) is 12.1 Å². The molecule has 38 heavy (non-hydrogen) atoms. The molecule has 0 saturated carbocycles. The number of benzene rings is 1. The quantitative estimate of drug-likeness (QED) is 0.297. The number of carbonyl (C=O) groups excluding carboxylic acids is 1. The van der Waals surface area contributed by atoms with E-state index in [-0.39, 0.29) is 35.5 Å². The first kappa shape index (κ1) is 25.4. The summed E-state index contributed by atoms with van der Waals surface area (Å²) in [6.45, 7) is 1.15. The number of aromatic amines is 1. The highest BCUT2D eigenvalue weighted by atomic mass is 19.4. The number of nitrogens with zero attached hydrogens (tertiary/aromatic N) is 4. The van der Waals surface area contributed by atoms with Gasteiger partial charge in [-0.05, 0) is 36.1 Å². The monoisotopic (exact) mass is 529 g/mol. The van der Waals surface area contributed by atoms with Gasteiger partial charge in [0.05, 0.1) is 19.3 Å². The minimum atomic E-state index is -5.19. The summed E-state index contributed by atoms with van der Waals surface area (Å²) in [5.74, 6) is -2.20. The van der Waals surface area contributed by atoms with E-state index >= 15 is 0 Å². The van der Waals surface area contributed by atoms with E-state index in [0.717, 1.165) is 12.8 Å². The summed E-state index contributed by atoms with van der Waals surface area (Å²) in [5, 5.41) is 4.70. The summed E-state index contributed by atoms with van der Waals surface area (Å²) in [6, 6.07) is 7.43. The van der Waals surface area contributed by atoms with E-state index in [2.05, 4.69) is 20.1 Å². The van der Waals surface area contributed by atoms with Crippen LogP contribution in [0, 0.1) is 0 Å². The predicted octanol–water partition coefficient (Wildman–Crippen LogP) is 3.60. The van der Waals surface area contributed by atoms with Crippen molar-refractivity contribution >= 4 is 17.0 Å². The summed E-state index contributed by atoms with van der Waals surface area (Å²) >= 11 is 0. The lowest BCUT2D eigenvalue weighted by Crippen LogP contribution is -2.28. The first-order valence-corrected chi connectivity index (χ1v) is 11.7. The van der Waals surface area contributed by atoms with E-state index in [1.165, 1.54) is 37.7 Å². The third kappa shape index (κ3) is 5.09. The molecule has 198 valence electrons. The fraction of sp³-hybridized carbons (Fsp3) is 0.320. The lowest BCUT2D eigenvalue weighted by molar-refractivity contribution is -0.189. The van der Waals surface area contributed by atoms with Gasteiger partial charge in [0.25, 0.3) is 5.56 Å². The molecule has 4 aromatic rings. The van der Waals surface area contributed by atoms with Crippen molar-refractivity contribution in [2.75, 3.05) is 20.3 Å². The van der Waals surface area contributed by atoms with Crippen molar-refractivity contribution in [1.82, 2.24) is 24.7 Å². The van der Waals surface area contributed by atoms with Crippen LogP contribution in [0.2, 0.25) is 0 Å². The molecule has 13 heteroatoms. The molecule has 0 spiro atoms. The molecule has 0 bridgehead atoms. The van der Waals surface area contributed by atoms with Crippen molar-refractivity contribution in [1.29, 1.82) is 0 Å². The van der Waals surface area contributed by atoms with Crippen molar-refractivity contribution in [2.45, 2.75) is 31.5 Å². The zero-order valence-electron chi connectivity index (χ0n) is 20.1. The summed E-state index contributed by atoms with van der Waals surface area (Å²) in [7, 11) is 1.40. The van der Waals surface area contributed by atoms with Gasteiger partial charge >= 0.3 is 12.1 Å². The Morgan fingerprint density at radius 3 is 2.76 bits per heavy atom. The van der Waals surface area contributed by atoms with Crippen LogP contribution in [-0.2, 0) is 16.0 Å². The zero-order valence-corrected chi connectivity index (χ0v) is 20.1. The average molecular weight is 529 g/mol. The normalized spacial score (nSPS) is 14.5. The maximum atomic E-state index is 13.0. The molecule has 0 radical (unpaired) electrons. The van der Waals surface area contributed by atoms with Gasteiger partial charge in [0.2, 0.25) is 5.88 Å². The molecule has 4 heterocycles. The van der Waals surface area contributed by atoms with E-state index in [1.807, 2.05) is 0 Å². The molecule has 1 saturated heterocycles. The number of halogens is 3. The molecular weight excluding hydrogens is 507 g/mol. The van der Waals surface area contributed by atoms with Gasteiger partial charge in [-0.15, -0.1) is 0 Å².